The summed E-state index contributed by atoms with van der Waals surface area (Å²) in [5.74, 6) is 0.484. The number of hydrogen-bond donors (Lipinski definition) is 3. The van der Waals surface area contributed by atoms with E-state index in [0.717, 1.165) is 10.2 Å². The van der Waals surface area contributed by atoms with Gasteiger partial charge in [0.15, 0.2) is 5.13 Å². The van der Waals surface area contributed by atoms with E-state index >= 15 is 0 Å². The number of rotatable bonds is 7. The lowest BCUT2D eigenvalue weighted by atomic mass is 10.1. The predicted molar refractivity (Wildman–Crippen MR) is 114 cm³/mol. The zero-order valence-electron chi connectivity index (χ0n) is 15.7. The van der Waals surface area contributed by atoms with Gasteiger partial charge in [0.1, 0.15) is 11.3 Å². The highest BCUT2D eigenvalue weighted by molar-refractivity contribution is 7.22. The summed E-state index contributed by atoms with van der Waals surface area (Å²) < 4.78 is 11.9. The second kappa shape index (κ2) is 8.66. The largest absolute Gasteiger partial charge is 0.494 e. The van der Waals surface area contributed by atoms with E-state index in [0.29, 0.717) is 16.4 Å². The van der Waals surface area contributed by atoms with Crippen molar-refractivity contribution in [1.29, 1.82) is 0 Å². The molecule has 2 aromatic heterocycles. The van der Waals surface area contributed by atoms with Crippen LogP contribution in [0.25, 0.3) is 21.7 Å². The van der Waals surface area contributed by atoms with E-state index in [1.54, 1.807) is 25.3 Å². The van der Waals surface area contributed by atoms with Crippen LogP contribution in [0.3, 0.4) is 0 Å². The number of aliphatic hydroxyl groups excluding tert-OH is 1. The van der Waals surface area contributed by atoms with E-state index in [-0.39, 0.29) is 35.6 Å². The van der Waals surface area contributed by atoms with Crippen molar-refractivity contribution in [2.24, 2.45) is 0 Å². The lowest BCUT2D eigenvalue weighted by Gasteiger charge is -2.06. The minimum absolute atomic E-state index is 0.126. The van der Waals surface area contributed by atoms with Crippen molar-refractivity contribution in [1.82, 2.24) is 20.5 Å². The molecule has 0 bridgehead atoms. The second-order valence-electron chi connectivity index (χ2n) is 6.04. The van der Waals surface area contributed by atoms with Gasteiger partial charge in [-0.2, -0.15) is 0 Å². The molecule has 2 heterocycles. The molecule has 0 atom stereocenters. The van der Waals surface area contributed by atoms with Gasteiger partial charge in [-0.25, -0.2) is 4.98 Å². The molecule has 0 spiro atoms. The summed E-state index contributed by atoms with van der Waals surface area (Å²) in [6.45, 7) is -0.0413. The molecule has 0 fully saturated rings. The van der Waals surface area contributed by atoms with Crippen molar-refractivity contribution in [2.75, 3.05) is 25.6 Å². The zero-order chi connectivity index (χ0) is 21.1. The highest BCUT2D eigenvalue weighted by Gasteiger charge is 2.16. The van der Waals surface area contributed by atoms with Gasteiger partial charge in [-0.1, -0.05) is 34.1 Å². The van der Waals surface area contributed by atoms with Crippen LogP contribution in [0.5, 0.6) is 5.75 Å². The molecule has 0 aliphatic heterocycles. The highest BCUT2D eigenvalue weighted by Crippen LogP contribution is 2.34. The number of halogens is 1. The summed E-state index contributed by atoms with van der Waals surface area (Å²) in [6, 6.07) is 10.6. The number of nitrogens with one attached hydrogen (secondary N) is 2. The number of anilines is 2. The number of thiazole rings is 1. The van der Waals surface area contributed by atoms with Gasteiger partial charge in [-0.3, -0.25) is 10.1 Å². The van der Waals surface area contributed by atoms with Gasteiger partial charge >= 0.3 is 6.01 Å². The van der Waals surface area contributed by atoms with Crippen molar-refractivity contribution in [3.8, 4) is 17.2 Å². The summed E-state index contributed by atoms with van der Waals surface area (Å²) in [5.41, 5.74) is 1.51. The van der Waals surface area contributed by atoms with Crippen molar-refractivity contribution < 1.29 is 19.1 Å². The maximum atomic E-state index is 12.2. The molecule has 30 heavy (non-hydrogen) atoms. The quantitative estimate of drug-likeness (QED) is 0.395. The third kappa shape index (κ3) is 4.06. The van der Waals surface area contributed by atoms with Gasteiger partial charge in [0.2, 0.25) is 5.89 Å². The van der Waals surface area contributed by atoms with E-state index in [9.17, 15) is 4.79 Å². The number of carbonyl (C=O) groups is 1. The highest BCUT2D eigenvalue weighted by atomic mass is 35.5. The molecule has 9 nitrogen and oxygen atoms in total. The number of carbonyl (C=O) groups excluding carboxylic acids is 1. The van der Waals surface area contributed by atoms with Crippen LogP contribution in [0.15, 0.2) is 40.8 Å². The summed E-state index contributed by atoms with van der Waals surface area (Å²) in [6.07, 6.45) is 0. The third-order valence-corrected chi connectivity index (χ3v) is 5.36. The van der Waals surface area contributed by atoms with Crippen LogP contribution in [0.4, 0.5) is 11.1 Å². The Balaban J connectivity index is 1.57. The van der Waals surface area contributed by atoms with Crippen molar-refractivity contribution >= 4 is 50.2 Å². The fraction of sp³-hybridized carbons (Fsp3) is 0.158. The Morgan fingerprint density at radius 1 is 1.30 bits per heavy atom. The predicted octanol–water partition coefficient (Wildman–Crippen LogP) is 3.47. The van der Waals surface area contributed by atoms with Gasteiger partial charge in [-0.05, 0) is 30.3 Å². The Morgan fingerprint density at radius 2 is 2.17 bits per heavy atom. The molecular weight excluding hydrogens is 430 g/mol. The summed E-state index contributed by atoms with van der Waals surface area (Å²) in [5, 5.41) is 23.3. The summed E-state index contributed by atoms with van der Waals surface area (Å²) in [7, 11) is 1.59. The molecule has 3 N–H and O–H groups in total. The average molecular weight is 446 g/mol. The molecule has 0 radical (unpaired) electrons. The van der Waals surface area contributed by atoms with Gasteiger partial charge in [0.05, 0.1) is 29.0 Å². The fourth-order valence-corrected chi connectivity index (χ4v) is 3.80. The third-order valence-electron chi connectivity index (χ3n) is 4.10. The van der Waals surface area contributed by atoms with E-state index < -0.39 is 5.91 Å². The minimum Gasteiger partial charge on any atom is -0.494 e. The lowest BCUT2D eigenvalue weighted by molar-refractivity contribution is 0.0945. The summed E-state index contributed by atoms with van der Waals surface area (Å²) >= 11 is 7.54. The fourth-order valence-electron chi connectivity index (χ4n) is 2.72. The van der Waals surface area contributed by atoms with Crippen LogP contribution in [-0.2, 0) is 0 Å². The SMILES string of the molecule is COc1cccc2sc(Nc3nnc(-c4ccc(Cl)c(C(=O)NCCO)c4)o3)nc12. The number of benzene rings is 2. The Morgan fingerprint density at radius 3 is 2.97 bits per heavy atom. The first-order valence-electron chi connectivity index (χ1n) is 8.82. The number of para-hydroxylation sites is 1. The Labute approximate surface area is 179 Å². The molecule has 0 saturated heterocycles. The van der Waals surface area contributed by atoms with E-state index in [2.05, 4.69) is 25.8 Å². The molecule has 0 aliphatic rings. The Bertz CT molecular complexity index is 1210. The lowest BCUT2D eigenvalue weighted by Crippen LogP contribution is -2.26. The van der Waals surface area contributed by atoms with Gasteiger partial charge < -0.3 is 19.6 Å². The van der Waals surface area contributed by atoms with Crippen LogP contribution < -0.4 is 15.4 Å². The first-order chi connectivity index (χ1) is 14.6. The van der Waals surface area contributed by atoms with Crippen LogP contribution in [0, 0.1) is 0 Å². The van der Waals surface area contributed by atoms with Gasteiger partial charge in [0.25, 0.3) is 5.91 Å². The Hall–Kier alpha value is -3.21. The summed E-state index contributed by atoms with van der Waals surface area (Å²) in [4.78, 5) is 16.7. The standard InChI is InChI=1S/C19H16ClN5O4S/c1-28-13-3-2-4-14-15(13)22-19(30-14)23-18-25-24-17(29-18)10-5-6-12(20)11(9-10)16(27)21-7-8-26/h2-6,9,26H,7-8H2,1H3,(H,21,27)(H,22,23,25). The molecule has 4 rings (SSSR count). The number of ether oxygens (including phenoxy) is 1. The van der Waals surface area contributed by atoms with E-state index in [1.165, 1.54) is 11.3 Å². The van der Waals surface area contributed by atoms with Crippen LogP contribution in [-0.4, -0.2) is 46.5 Å². The number of aromatic nitrogens is 3. The first-order valence-corrected chi connectivity index (χ1v) is 10.0. The molecule has 154 valence electrons. The minimum atomic E-state index is -0.405. The maximum absolute atomic E-state index is 12.2. The first kappa shape index (κ1) is 20.1. The normalized spacial score (nSPS) is 10.9. The molecule has 0 aliphatic carbocycles. The smallest absolute Gasteiger partial charge is 0.322 e. The molecule has 0 unspecified atom stereocenters. The maximum Gasteiger partial charge on any atom is 0.322 e. The van der Waals surface area contributed by atoms with E-state index in [4.69, 9.17) is 25.9 Å². The van der Waals surface area contributed by atoms with Crippen molar-refractivity contribution in [3.05, 3.63) is 47.0 Å². The molecule has 0 saturated carbocycles. The number of nitrogens with zero attached hydrogens (tertiary/aromatic N) is 3. The molecular formula is C19H16ClN5O4S. The molecule has 11 heteroatoms. The van der Waals surface area contributed by atoms with Crippen LogP contribution in [0.2, 0.25) is 5.02 Å². The van der Waals surface area contributed by atoms with Gasteiger partial charge in [0, 0.05) is 12.1 Å². The number of fused-ring (bicyclic) bond motifs is 1. The number of methoxy groups -OCH3 is 1. The number of amides is 1. The molecule has 1 amide bonds. The second-order valence-corrected chi connectivity index (χ2v) is 7.48. The van der Waals surface area contributed by atoms with Crippen molar-refractivity contribution in [2.45, 2.75) is 0 Å². The number of aliphatic hydroxyl groups is 1. The Kier molecular flexibility index (Phi) is 5.79. The zero-order valence-corrected chi connectivity index (χ0v) is 17.3. The topological polar surface area (TPSA) is 122 Å². The van der Waals surface area contributed by atoms with E-state index in [1.807, 2.05) is 18.2 Å². The van der Waals surface area contributed by atoms with Crippen molar-refractivity contribution in [3.63, 3.8) is 0 Å². The monoisotopic (exact) mass is 445 g/mol. The number of hydrogen-bond acceptors (Lipinski definition) is 9. The van der Waals surface area contributed by atoms with Gasteiger partial charge in [-0.15, -0.1) is 5.10 Å². The van der Waals surface area contributed by atoms with Crippen LogP contribution >= 0.6 is 22.9 Å². The molecule has 2 aromatic carbocycles. The average Bonchev–Trinajstić information content (AvgIpc) is 3.39. The van der Waals surface area contributed by atoms with Crippen LogP contribution in [0.1, 0.15) is 10.4 Å². The molecule has 4 aromatic rings.